The molecule has 0 fully saturated rings. The summed E-state index contributed by atoms with van der Waals surface area (Å²) in [5, 5.41) is 0. The fourth-order valence-electron chi connectivity index (χ4n) is 0.354. The minimum absolute atomic E-state index is 0.833. The summed E-state index contributed by atoms with van der Waals surface area (Å²) in [5.74, 6) is 1.72. The van der Waals surface area contributed by atoms with Crippen LogP contribution in [0.2, 0.25) is 0 Å². The van der Waals surface area contributed by atoms with Crippen molar-refractivity contribution in [3.63, 3.8) is 0 Å². The van der Waals surface area contributed by atoms with Crippen LogP contribution < -0.4 is 0 Å². The molecule has 0 radical (unpaired) electrons. The molecule has 0 atom stereocenters. The van der Waals surface area contributed by atoms with Crippen LogP contribution >= 0.6 is 0 Å². The summed E-state index contributed by atoms with van der Waals surface area (Å²) in [6.45, 7) is 25.8. The third-order valence-corrected chi connectivity index (χ3v) is 1.52. The third-order valence-electron chi connectivity index (χ3n) is 1.52. The highest BCUT2D eigenvalue weighted by Crippen LogP contribution is 1.93. The van der Waals surface area contributed by atoms with Crippen molar-refractivity contribution >= 4 is 0 Å². The molecule has 0 spiro atoms. The van der Waals surface area contributed by atoms with Crippen LogP contribution in [0.3, 0.4) is 0 Å². The summed E-state index contributed by atoms with van der Waals surface area (Å²) >= 11 is 0. The van der Waals surface area contributed by atoms with E-state index in [9.17, 15) is 0 Å². The largest absolute Gasteiger partial charge is 0.0683 e. The lowest BCUT2D eigenvalue weighted by atomic mass is 10.2. The van der Waals surface area contributed by atoms with E-state index in [0.717, 1.165) is 11.8 Å². The minimum Gasteiger partial charge on any atom is -0.0683 e. The normalized spacial score (nSPS) is 7.89. The molecule has 0 saturated heterocycles. The van der Waals surface area contributed by atoms with Crippen molar-refractivity contribution in [1.29, 1.82) is 0 Å². The Labute approximate surface area is 127 Å². The summed E-state index contributed by atoms with van der Waals surface area (Å²) in [6.07, 6.45) is 6.63. The van der Waals surface area contributed by atoms with Crippen molar-refractivity contribution in [2.45, 2.75) is 115 Å². The van der Waals surface area contributed by atoms with Crippen molar-refractivity contribution < 1.29 is 0 Å². The maximum absolute atomic E-state index is 2.22. The molecule has 0 saturated carbocycles. The molecule has 0 nitrogen and oxygen atoms in total. The van der Waals surface area contributed by atoms with Gasteiger partial charge in [0.05, 0.1) is 0 Å². The molecule has 0 amide bonds. The lowest BCUT2D eigenvalue weighted by molar-refractivity contribution is 0.626. The molecular weight excluding hydrogens is 228 g/mol. The molecule has 0 aromatic carbocycles. The van der Waals surface area contributed by atoms with Crippen molar-refractivity contribution in [3.8, 4) is 0 Å². The summed E-state index contributed by atoms with van der Waals surface area (Å²) in [7, 11) is 0. The average Bonchev–Trinajstić information content (AvgIpc) is 2.33. The fraction of sp³-hybridized carbons (Fsp3) is 1.00. The van der Waals surface area contributed by atoms with Gasteiger partial charge in [-0.15, -0.1) is 0 Å². The molecule has 19 heavy (non-hydrogen) atoms. The van der Waals surface area contributed by atoms with E-state index in [1.54, 1.807) is 0 Å². The fourth-order valence-corrected chi connectivity index (χ4v) is 0.354. The van der Waals surface area contributed by atoms with Crippen molar-refractivity contribution in [1.82, 2.24) is 0 Å². The molecule has 0 aliphatic heterocycles. The second-order valence-corrected chi connectivity index (χ2v) is 5.59. The van der Waals surface area contributed by atoms with Gasteiger partial charge < -0.3 is 0 Å². The van der Waals surface area contributed by atoms with Crippen LogP contribution in [-0.2, 0) is 0 Å². The predicted octanol–water partition coefficient (Wildman–Crippen LogP) is 8.35. The predicted molar refractivity (Wildman–Crippen MR) is 98.2 cm³/mol. The van der Waals surface area contributed by atoms with Crippen LogP contribution in [0.25, 0.3) is 0 Å². The van der Waals surface area contributed by atoms with Crippen LogP contribution in [0.5, 0.6) is 0 Å². The van der Waals surface area contributed by atoms with Gasteiger partial charge in [0.25, 0.3) is 0 Å². The Kier molecular flexibility index (Phi) is 71.1. The number of rotatable bonds is 3. The molecule has 0 aromatic rings. The molecule has 0 heteroatoms. The Bertz CT molecular complexity index is 67.4. The summed E-state index contributed by atoms with van der Waals surface area (Å²) in [4.78, 5) is 0. The van der Waals surface area contributed by atoms with E-state index in [0.29, 0.717) is 0 Å². The first-order chi connectivity index (χ1) is 8.83. The highest BCUT2D eigenvalue weighted by Gasteiger charge is 1.80. The van der Waals surface area contributed by atoms with Gasteiger partial charge in [-0.3, -0.25) is 0 Å². The van der Waals surface area contributed by atoms with E-state index in [1.165, 1.54) is 32.1 Å². The first-order valence-electron chi connectivity index (χ1n) is 8.83. The van der Waals surface area contributed by atoms with E-state index in [-0.39, 0.29) is 0 Å². The Balaban J connectivity index is -0.0000000446. The lowest BCUT2D eigenvalue weighted by Gasteiger charge is -1.90. The van der Waals surface area contributed by atoms with Gasteiger partial charge in [-0.2, -0.15) is 0 Å². The van der Waals surface area contributed by atoms with Crippen LogP contribution in [0, 0.1) is 11.8 Å². The minimum atomic E-state index is 0.833. The van der Waals surface area contributed by atoms with Crippen molar-refractivity contribution in [2.24, 2.45) is 11.8 Å². The zero-order valence-electron chi connectivity index (χ0n) is 16.7. The smallest absolute Gasteiger partial charge is 0.0474 e. The standard InChI is InChI=1S/2C5H12.C4H10.C3H8.C2H6/c1-4-5(2)3;1-3-5-4-2;1-4(2)3;1-3-2;1-2/h5H,4H2,1-3H3;3-5H2,1-2H3;4H,1-3H3;3H2,1-2H3;1-2H3. The van der Waals surface area contributed by atoms with Gasteiger partial charge in [-0.1, -0.05) is 115 Å². The van der Waals surface area contributed by atoms with Crippen LogP contribution in [-0.4, -0.2) is 0 Å². The molecule has 0 aliphatic rings. The van der Waals surface area contributed by atoms with Gasteiger partial charge in [0.15, 0.2) is 0 Å². The van der Waals surface area contributed by atoms with Crippen LogP contribution in [0.1, 0.15) is 115 Å². The molecule has 0 bridgehead atoms. The van der Waals surface area contributed by atoms with Gasteiger partial charge in [0.2, 0.25) is 0 Å². The molecular formula is C19H48. The summed E-state index contributed by atoms with van der Waals surface area (Å²) in [6, 6.07) is 0. The van der Waals surface area contributed by atoms with E-state index >= 15 is 0 Å². The Morgan fingerprint density at radius 3 is 0.789 bits per heavy atom. The quantitative estimate of drug-likeness (QED) is 0.485. The van der Waals surface area contributed by atoms with E-state index in [1.807, 2.05) is 13.8 Å². The van der Waals surface area contributed by atoms with E-state index < -0.39 is 0 Å². The number of hydrogen-bond acceptors (Lipinski definition) is 0. The highest BCUT2D eigenvalue weighted by molar-refractivity contribution is 4.32. The molecule has 0 rings (SSSR count). The monoisotopic (exact) mass is 276 g/mol. The molecule has 0 aromatic heterocycles. The lowest BCUT2D eigenvalue weighted by Crippen LogP contribution is -1.77. The summed E-state index contributed by atoms with van der Waals surface area (Å²) in [5.41, 5.74) is 0. The second-order valence-electron chi connectivity index (χ2n) is 5.59. The van der Waals surface area contributed by atoms with Crippen LogP contribution in [0.15, 0.2) is 0 Å². The highest BCUT2D eigenvalue weighted by atomic mass is 13.9. The first kappa shape index (κ1) is 31.4. The SMILES string of the molecule is CC.CC(C)C.CCC.CCC(C)C.CCCCC. The van der Waals surface area contributed by atoms with Gasteiger partial charge in [0.1, 0.15) is 0 Å². The molecule has 0 unspecified atom stereocenters. The second kappa shape index (κ2) is 43.0. The average molecular weight is 277 g/mol. The first-order valence-corrected chi connectivity index (χ1v) is 8.83. The zero-order chi connectivity index (χ0) is 16.7. The molecule has 0 N–H and O–H groups in total. The molecule has 0 heterocycles. The third kappa shape index (κ3) is 288. The van der Waals surface area contributed by atoms with E-state index in [2.05, 4.69) is 69.2 Å². The van der Waals surface area contributed by atoms with Crippen LogP contribution in [0.4, 0.5) is 0 Å². The number of unbranched alkanes of at least 4 members (excludes halogenated alkanes) is 2. The Hall–Kier alpha value is 0. The Morgan fingerprint density at radius 2 is 0.789 bits per heavy atom. The zero-order valence-corrected chi connectivity index (χ0v) is 16.7. The van der Waals surface area contributed by atoms with Gasteiger partial charge in [0, 0.05) is 0 Å². The maximum atomic E-state index is 2.22. The summed E-state index contributed by atoms with van der Waals surface area (Å²) < 4.78 is 0. The van der Waals surface area contributed by atoms with Crippen molar-refractivity contribution in [2.75, 3.05) is 0 Å². The molecule has 0 aliphatic carbocycles. The number of hydrogen-bond donors (Lipinski definition) is 0. The molecule has 124 valence electrons. The Morgan fingerprint density at radius 1 is 0.632 bits per heavy atom. The van der Waals surface area contributed by atoms with Gasteiger partial charge in [-0.05, 0) is 11.8 Å². The van der Waals surface area contributed by atoms with Gasteiger partial charge in [-0.25, -0.2) is 0 Å². The van der Waals surface area contributed by atoms with Crippen molar-refractivity contribution in [3.05, 3.63) is 0 Å². The van der Waals surface area contributed by atoms with E-state index in [4.69, 9.17) is 0 Å². The maximum Gasteiger partial charge on any atom is -0.0474 e. The van der Waals surface area contributed by atoms with Gasteiger partial charge >= 0.3 is 0 Å². The topological polar surface area (TPSA) is 0 Å².